The summed E-state index contributed by atoms with van der Waals surface area (Å²) in [5.74, 6) is 0.325. The summed E-state index contributed by atoms with van der Waals surface area (Å²) < 4.78 is 0. The van der Waals surface area contributed by atoms with Gasteiger partial charge in [-0.1, -0.05) is 6.92 Å². The fourth-order valence-electron chi connectivity index (χ4n) is 2.56. The number of phenols is 1. The molecule has 0 spiro atoms. The highest BCUT2D eigenvalue weighted by Gasteiger charge is 2.21. The van der Waals surface area contributed by atoms with Crippen molar-refractivity contribution in [2.45, 2.75) is 26.3 Å². The standard InChI is InChI=1S/C16H24N2O2/c1-3-13(2)18-10-8-17(9-11-18)12-16(20)14-4-6-15(19)7-5-14/h4-7,13,19H,3,8-12H2,1-2H3. The van der Waals surface area contributed by atoms with Gasteiger partial charge in [-0.05, 0) is 37.6 Å². The normalized spacial score (nSPS) is 18.9. The second-order valence-corrected chi connectivity index (χ2v) is 5.54. The summed E-state index contributed by atoms with van der Waals surface area (Å²) in [5, 5.41) is 9.24. The van der Waals surface area contributed by atoms with E-state index in [-0.39, 0.29) is 11.5 Å². The van der Waals surface area contributed by atoms with Crippen molar-refractivity contribution in [1.29, 1.82) is 0 Å². The number of carbonyl (C=O) groups is 1. The highest BCUT2D eigenvalue weighted by atomic mass is 16.3. The number of piperazine rings is 1. The van der Waals surface area contributed by atoms with E-state index in [0.29, 0.717) is 18.2 Å². The number of aromatic hydroxyl groups is 1. The van der Waals surface area contributed by atoms with E-state index in [1.165, 1.54) is 6.42 Å². The van der Waals surface area contributed by atoms with Crippen LogP contribution in [0.15, 0.2) is 24.3 Å². The van der Waals surface area contributed by atoms with Gasteiger partial charge < -0.3 is 5.11 Å². The van der Waals surface area contributed by atoms with Gasteiger partial charge in [-0.15, -0.1) is 0 Å². The molecule has 0 aliphatic carbocycles. The van der Waals surface area contributed by atoms with Gasteiger partial charge in [0.05, 0.1) is 6.54 Å². The zero-order chi connectivity index (χ0) is 14.5. The molecular weight excluding hydrogens is 252 g/mol. The van der Waals surface area contributed by atoms with Crippen molar-refractivity contribution in [1.82, 2.24) is 9.80 Å². The predicted molar refractivity (Wildman–Crippen MR) is 80.2 cm³/mol. The second kappa shape index (κ2) is 6.86. The van der Waals surface area contributed by atoms with Gasteiger partial charge in [0.2, 0.25) is 0 Å². The predicted octanol–water partition coefficient (Wildman–Crippen LogP) is 1.99. The van der Waals surface area contributed by atoms with E-state index in [2.05, 4.69) is 23.6 Å². The molecule has 4 nitrogen and oxygen atoms in total. The Morgan fingerprint density at radius 2 is 1.80 bits per heavy atom. The van der Waals surface area contributed by atoms with Crippen molar-refractivity contribution in [2.24, 2.45) is 0 Å². The maximum absolute atomic E-state index is 12.2. The van der Waals surface area contributed by atoms with E-state index in [1.807, 2.05) is 0 Å². The Balaban J connectivity index is 1.83. The molecule has 2 rings (SSSR count). The van der Waals surface area contributed by atoms with Gasteiger partial charge in [0, 0.05) is 37.8 Å². The number of hydrogen-bond acceptors (Lipinski definition) is 4. The Kier molecular flexibility index (Phi) is 5.15. The molecule has 1 fully saturated rings. The Bertz CT molecular complexity index is 436. The number of Topliss-reactive ketones (excluding diaryl/α,β-unsaturated/α-hetero) is 1. The van der Waals surface area contributed by atoms with Crippen LogP contribution < -0.4 is 0 Å². The number of carbonyl (C=O) groups excluding carboxylic acids is 1. The molecule has 0 radical (unpaired) electrons. The van der Waals surface area contributed by atoms with Crippen LogP contribution in [-0.2, 0) is 0 Å². The lowest BCUT2D eigenvalue weighted by Gasteiger charge is -2.37. The number of nitrogens with zero attached hydrogens (tertiary/aromatic N) is 2. The van der Waals surface area contributed by atoms with Gasteiger partial charge in [0.15, 0.2) is 5.78 Å². The van der Waals surface area contributed by atoms with E-state index in [1.54, 1.807) is 24.3 Å². The second-order valence-electron chi connectivity index (χ2n) is 5.54. The number of benzene rings is 1. The molecule has 1 N–H and O–H groups in total. The molecule has 0 amide bonds. The maximum atomic E-state index is 12.2. The lowest BCUT2D eigenvalue weighted by Crippen LogP contribution is -2.50. The summed E-state index contributed by atoms with van der Waals surface area (Å²) in [6, 6.07) is 7.13. The molecule has 1 aromatic rings. The summed E-state index contributed by atoms with van der Waals surface area (Å²) in [5.41, 5.74) is 0.673. The molecule has 1 aliphatic heterocycles. The minimum absolute atomic E-state index is 0.127. The van der Waals surface area contributed by atoms with E-state index >= 15 is 0 Å². The summed E-state index contributed by atoms with van der Waals surface area (Å²) in [4.78, 5) is 16.9. The first-order valence-corrected chi connectivity index (χ1v) is 7.38. The minimum Gasteiger partial charge on any atom is -0.508 e. The molecule has 4 heteroatoms. The molecule has 1 atom stereocenters. The van der Waals surface area contributed by atoms with Crippen LogP contribution >= 0.6 is 0 Å². The maximum Gasteiger partial charge on any atom is 0.176 e. The topological polar surface area (TPSA) is 43.8 Å². The van der Waals surface area contributed by atoms with Crippen LogP contribution in [-0.4, -0.2) is 59.5 Å². The smallest absolute Gasteiger partial charge is 0.176 e. The average Bonchev–Trinajstić information content (AvgIpc) is 2.48. The zero-order valence-corrected chi connectivity index (χ0v) is 12.4. The minimum atomic E-state index is 0.127. The molecule has 20 heavy (non-hydrogen) atoms. The summed E-state index contributed by atoms with van der Waals surface area (Å²) in [7, 11) is 0. The molecule has 110 valence electrons. The fraction of sp³-hybridized carbons (Fsp3) is 0.562. The Morgan fingerprint density at radius 1 is 1.20 bits per heavy atom. The number of hydrogen-bond donors (Lipinski definition) is 1. The molecular formula is C16H24N2O2. The van der Waals surface area contributed by atoms with Crippen molar-refractivity contribution in [3.8, 4) is 5.75 Å². The third-order valence-corrected chi connectivity index (χ3v) is 4.18. The Morgan fingerprint density at radius 3 is 2.35 bits per heavy atom. The van der Waals surface area contributed by atoms with Crippen LogP contribution in [0.1, 0.15) is 30.6 Å². The van der Waals surface area contributed by atoms with Gasteiger partial charge in [-0.3, -0.25) is 14.6 Å². The first kappa shape index (κ1) is 15.0. The molecule has 0 bridgehead atoms. The van der Waals surface area contributed by atoms with Gasteiger partial charge in [-0.25, -0.2) is 0 Å². The Labute approximate surface area is 121 Å². The molecule has 1 heterocycles. The summed E-state index contributed by atoms with van der Waals surface area (Å²) in [6.07, 6.45) is 1.17. The van der Waals surface area contributed by atoms with E-state index < -0.39 is 0 Å². The van der Waals surface area contributed by atoms with Crippen LogP contribution in [0, 0.1) is 0 Å². The number of phenolic OH excluding ortho intramolecular Hbond substituents is 1. The van der Waals surface area contributed by atoms with Crippen molar-refractivity contribution in [3.63, 3.8) is 0 Å². The highest BCUT2D eigenvalue weighted by molar-refractivity contribution is 5.97. The number of ketones is 1. The highest BCUT2D eigenvalue weighted by Crippen LogP contribution is 2.12. The first-order chi connectivity index (χ1) is 9.60. The van der Waals surface area contributed by atoms with Crippen LogP contribution in [0.25, 0.3) is 0 Å². The Hall–Kier alpha value is -1.39. The van der Waals surface area contributed by atoms with E-state index in [0.717, 1.165) is 26.2 Å². The largest absolute Gasteiger partial charge is 0.508 e. The average molecular weight is 276 g/mol. The molecule has 1 aliphatic rings. The quantitative estimate of drug-likeness (QED) is 0.835. The fourth-order valence-corrected chi connectivity index (χ4v) is 2.56. The van der Waals surface area contributed by atoms with Crippen molar-refractivity contribution >= 4 is 5.78 Å². The van der Waals surface area contributed by atoms with Crippen molar-refractivity contribution in [2.75, 3.05) is 32.7 Å². The first-order valence-electron chi connectivity index (χ1n) is 7.38. The zero-order valence-electron chi connectivity index (χ0n) is 12.4. The lowest BCUT2D eigenvalue weighted by molar-refractivity contribution is 0.0784. The van der Waals surface area contributed by atoms with Gasteiger partial charge in [-0.2, -0.15) is 0 Å². The van der Waals surface area contributed by atoms with Gasteiger partial charge >= 0.3 is 0 Å². The monoisotopic (exact) mass is 276 g/mol. The van der Waals surface area contributed by atoms with Crippen molar-refractivity contribution < 1.29 is 9.90 Å². The van der Waals surface area contributed by atoms with Gasteiger partial charge in [0.25, 0.3) is 0 Å². The van der Waals surface area contributed by atoms with Crippen molar-refractivity contribution in [3.05, 3.63) is 29.8 Å². The number of rotatable bonds is 5. The molecule has 0 saturated carbocycles. The van der Waals surface area contributed by atoms with Crippen LogP contribution in [0.3, 0.4) is 0 Å². The third-order valence-electron chi connectivity index (χ3n) is 4.18. The van der Waals surface area contributed by atoms with Gasteiger partial charge in [0.1, 0.15) is 5.75 Å². The lowest BCUT2D eigenvalue weighted by atomic mass is 10.1. The summed E-state index contributed by atoms with van der Waals surface area (Å²) in [6.45, 7) is 8.93. The van der Waals surface area contributed by atoms with Crippen LogP contribution in [0.2, 0.25) is 0 Å². The SMILES string of the molecule is CCC(C)N1CCN(CC(=O)c2ccc(O)cc2)CC1. The van der Waals surface area contributed by atoms with E-state index in [9.17, 15) is 9.90 Å². The molecule has 1 aromatic carbocycles. The van der Waals surface area contributed by atoms with E-state index in [4.69, 9.17) is 0 Å². The van der Waals surface area contributed by atoms with Crippen LogP contribution in [0.5, 0.6) is 5.75 Å². The third kappa shape index (κ3) is 3.81. The van der Waals surface area contributed by atoms with Crippen LogP contribution in [0.4, 0.5) is 0 Å². The summed E-state index contributed by atoms with van der Waals surface area (Å²) >= 11 is 0. The molecule has 0 aromatic heterocycles. The molecule has 1 saturated heterocycles. The molecule has 1 unspecified atom stereocenters.